The molecule has 28 heavy (non-hydrogen) atoms. The fourth-order valence-electron chi connectivity index (χ4n) is 3.62. The van der Waals surface area contributed by atoms with E-state index < -0.39 is 0 Å². The standard InChI is InChI=1S/C21H32N4O3/c1-5-23(6-2)19-7-8-20(17(3)15-19)25(18(4)27)10-9-21(28)24-13-11-22(16-26)12-14-24/h7-8,15-16H,5-6,9-14H2,1-4H3. The average Bonchev–Trinajstić information content (AvgIpc) is 2.70. The summed E-state index contributed by atoms with van der Waals surface area (Å²) in [5.74, 6) is -0.0496. The fourth-order valence-corrected chi connectivity index (χ4v) is 3.62. The molecule has 0 radical (unpaired) electrons. The van der Waals surface area contributed by atoms with Gasteiger partial charge in [0, 0.05) is 70.5 Å². The van der Waals surface area contributed by atoms with E-state index in [0.717, 1.165) is 36.4 Å². The molecule has 0 aromatic heterocycles. The van der Waals surface area contributed by atoms with Crippen LogP contribution >= 0.6 is 0 Å². The number of benzene rings is 1. The molecule has 2 rings (SSSR count). The zero-order chi connectivity index (χ0) is 20.7. The van der Waals surface area contributed by atoms with E-state index in [0.29, 0.717) is 32.7 Å². The summed E-state index contributed by atoms with van der Waals surface area (Å²) < 4.78 is 0. The maximum atomic E-state index is 12.5. The molecule has 7 heteroatoms. The first-order valence-corrected chi connectivity index (χ1v) is 10.0. The Kier molecular flexibility index (Phi) is 7.84. The Morgan fingerprint density at radius 1 is 1.11 bits per heavy atom. The van der Waals surface area contributed by atoms with Gasteiger partial charge in [-0.25, -0.2) is 0 Å². The summed E-state index contributed by atoms with van der Waals surface area (Å²) >= 11 is 0. The van der Waals surface area contributed by atoms with E-state index in [2.05, 4.69) is 24.8 Å². The number of carbonyl (C=O) groups is 3. The molecule has 0 spiro atoms. The molecule has 3 amide bonds. The Morgan fingerprint density at radius 3 is 2.25 bits per heavy atom. The lowest BCUT2D eigenvalue weighted by Crippen LogP contribution is -2.48. The molecule has 7 nitrogen and oxygen atoms in total. The highest BCUT2D eigenvalue weighted by Crippen LogP contribution is 2.26. The van der Waals surface area contributed by atoms with Crippen molar-refractivity contribution in [3.63, 3.8) is 0 Å². The number of hydrogen-bond acceptors (Lipinski definition) is 4. The number of amides is 3. The van der Waals surface area contributed by atoms with Crippen LogP contribution in [0.3, 0.4) is 0 Å². The molecule has 1 aliphatic heterocycles. The highest BCUT2D eigenvalue weighted by atomic mass is 16.2. The molecule has 0 unspecified atom stereocenters. The lowest BCUT2D eigenvalue weighted by atomic mass is 10.1. The topological polar surface area (TPSA) is 64.2 Å². The molecule has 0 aliphatic carbocycles. The Bertz CT molecular complexity index is 695. The summed E-state index contributed by atoms with van der Waals surface area (Å²) in [6, 6.07) is 6.10. The van der Waals surface area contributed by atoms with Crippen LogP contribution < -0.4 is 9.80 Å². The minimum absolute atomic E-state index is 0.0224. The highest BCUT2D eigenvalue weighted by Gasteiger charge is 2.22. The summed E-state index contributed by atoms with van der Waals surface area (Å²) in [6.45, 7) is 12.2. The third-order valence-corrected chi connectivity index (χ3v) is 5.35. The largest absolute Gasteiger partial charge is 0.372 e. The van der Waals surface area contributed by atoms with Gasteiger partial charge in [0.1, 0.15) is 0 Å². The van der Waals surface area contributed by atoms with Gasteiger partial charge in [-0.15, -0.1) is 0 Å². The van der Waals surface area contributed by atoms with Gasteiger partial charge in [0.2, 0.25) is 18.2 Å². The average molecular weight is 389 g/mol. The second-order valence-corrected chi connectivity index (χ2v) is 7.09. The van der Waals surface area contributed by atoms with Crippen molar-refractivity contribution in [2.75, 3.05) is 55.6 Å². The normalized spacial score (nSPS) is 14.0. The minimum Gasteiger partial charge on any atom is -0.372 e. The van der Waals surface area contributed by atoms with Crippen molar-refractivity contribution < 1.29 is 14.4 Å². The smallest absolute Gasteiger partial charge is 0.224 e. The number of carbonyl (C=O) groups excluding carboxylic acids is 3. The molecule has 1 saturated heterocycles. The molecule has 1 aromatic carbocycles. The van der Waals surface area contributed by atoms with E-state index in [4.69, 9.17) is 0 Å². The summed E-state index contributed by atoms with van der Waals surface area (Å²) in [7, 11) is 0. The number of anilines is 2. The van der Waals surface area contributed by atoms with Gasteiger partial charge in [0.05, 0.1) is 0 Å². The molecule has 1 aliphatic rings. The Morgan fingerprint density at radius 2 is 1.75 bits per heavy atom. The fraction of sp³-hybridized carbons (Fsp3) is 0.571. The zero-order valence-corrected chi connectivity index (χ0v) is 17.5. The number of rotatable bonds is 8. The van der Waals surface area contributed by atoms with E-state index in [1.165, 1.54) is 6.92 Å². The van der Waals surface area contributed by atoms with Crippen LogP contribution in [0.4, 0.5) is 11.4 Å². The SMILES string of the molecule is CCN(CC)c1ccc(N(CCC(=O)N2CCN(C=O)CC2)C(C)=O)c(C)c1. The second-order valence-electron chi connectivity index (χ2n) is 7.09. The van der Waals surface area contributed by atoms with Gasteiger partial charge in [-0.1, -0.05) is 0 Å². The number of nitrogens with zero attached hydrogens (tertiary/aromatic N) is 4. The first-order valence-electron chi connectivity index (χ1n) is 10.0. The maximum absolute atomic E-state index is 12.5. The van der Waals surface area contributed by atoms with Crippen molar-refractivity contribution in [2.24, 2.45) is 0 Å². The van der Waals surface area contributed by atoms with Crippen LogP contribution in [0.25, 0.3) is 0 Å². The minimum atomic E-state index is -0.0720. The monoisotopic (exact) mass is 388 g/mol. The van der Waals surface area contributed by atoms with Gasteiger partial charge in [-0.3, -0.25) is 14.4 Å². The van der Waals surface area contributed by atoms with Crippen LogP contribution in [0.5, 0.6) is 0 Å². The summed E-state index contributed by atoms with van der Waals surface area (Å²) in [5.41, 5.74) is 3.01. The molecule has 1 heterocycles. The third kappa shape index (κ3) is 5.24. The van der Waals surface area contributed by atoms with Gasteiger partial charge in [0.15, 0.2) is 0 Å². The van der Waals surface area contributed by atoms with E-state index in [1.54, 1.807) is 14.7 Å². The van der Waals surface area contributed by atoms with Crippen LogP contribution in [-0.4, -0.2) is 73.8 Å². The first-order chi connectivity index (χ1) is 13.4. The van der Waals surface area contributed by atoms with Crippen molar-refractivity contribution in [3.05, 3.63) is 23.8 Å². The molecular weight excluding hydrogens is 356 g/mol. The molecule has 0 saturated carbocycles. The third-order valence-electron chi connectivity index (χ3n) is 5.35. The van der Waals surface area contributed by atoms with Crippen molar-refractivity contribution >= 4 is 29.6 Å². The molecular formula is C21H32N4O3. The number of hydrogen-bond donors (Lipinski definition) is 0. The highest BCUT2D eigenvalue weighted by molar-refractivity contribution is 5.93. The molecule has 0 N–H and O–H groups in total. The van der Waals surface area contributed by atoms with Gasteiger partial charge < -0.3 is 19.6 Å². The second kappa shape index (κ2) is 10.1. The predicted octanol–water partition coefficient (Wildman–Crippen LogP) is 1.88. The van der Waals surface area contributed by atoms with Crippen LogP contribution in [0.15, 0.2) is 18.2 Å². The van der Waals surface area contributed by atoms with Crippen molar-refractivity contribution in [2.45, 2.75) is 34.1 Å². The van der Waals surface area contributed by atoms with E-state index >= 15 is 0 Å². The molecule has 0 bridgehead atoms. The van der Waals surface area contributed by atoms with E-state index in [9.17, 15) is 14.4 Å². The molecule has 1 aromatic rings. The Hall–Kier alpha value is -2.57. The number of piperazine rings is 1. The lowest BCUT2D eigenvalue weighted by Gasteiger charge is -2.33. The van der Waals surface area contributed by atoms with Crippen LogP contribution in [0.2, 0.25) is 0 Å². The summed E-state index contributed by atoms with van der Waals surface area (Å²) in [6.07, 6.45) is 1.10. The van der Waals surface area contributed by atoms with Crippen molar-refractivity contribution in [3.8, 4) is 0 Å². The molecule has 0 atom stereocenters. The molecule has 1 fully saturated rings. The van der Waals surface area contributed by atoms with Crippen molar-refractivity contribution in [1.82, 2.24) is 9.80 Å². The Labute approximate surface area is 167 Å². The summed E-state index contributed by atoms with van der Waals surface area (Å²) in [5, 5.41) is 0. The first kappa shape index (κ1) is 21.7. The maximum Gasteiger partial charge on any atom is 0.224 e. The van der Waals surface area contributed by atoms with Gasteiger partial charge in [-0.05, 0) is 44.5 Å². The number of aryl methyl sites for hydroxylation is 1. The van der Waals surface area contributed by atoms with E-state index in [1.807, 2.05) is 19.1 Å². The van der Waals surface area contributed by atoms with Crippen LogP contribution in [0.1, 0.15) is 32.8 Å². The van der Waals surface area contributed by atoms with E-state index in [-0.39, 0.29) is 18.2 Å². The predicted molar refractivity (Wildman–Crippen MR) is 112 cm³/mol. The lowest BCUT2D eigenvalue weighted by molar-refractivity contribution is -0.135. The Balaban J connectivity index is 2.04. The zero-order valence-electron chi connectivity index (χ0n) is 17.5. The van der Waals surface area contributed by atoms with Gasteiger partial charge >= 0.3 is 0 Å². The summed E-state index contributed by atoms with van der Waals surface area (Å²) in [4.78, 5) is 43.0. The van der Waals surface area contributed by atoms with Crippen LogP contribution in [0, 0.1) is 6.92 Å². The van der Waals surface area contributed by atoms with Gasteiger partial charge in [0.25, 0.3) is 0 Å². The quantitative estimate of drug-likeness (QED) is 0.638. The molecule has 154 valence electrons. The van der Waals surface area contributed by atoms with Gasteiger partial charge in [-0.2, -0.15) is 0 Å². The van der Waals surface area contributed by atoms with Crippen molar-refractivity contribution in [1.29, 1.82) is 0 Å². The van der Waals surface area contributed by atoms with Crippen LogP contribution in [-0.2, 0) is 14.4 Å².